The molecule has 0 aromatic heterocycles. The fraction of sp³-hybridized carbons (Fsp3) is 0.188. The van der Waals surface area contributed by atoms with Gasteiger partial charge in [0, 0.05) is 5.02 Å². The lowest BCUT2D eigenvalue weighted by molar-refractivity contribution is 0.103. The van der Waals surface area contributed by atoms with E-state index in [9.17, 15) is 4.79 Å². The summed E-state index contributed by atoms with van der Waals surface area (Å²) in [5.41, 5.74) is 0.691. The van der Waals surface area contributed by atoms with Crippen molar-refractivity contribution in [3.63, 3.8) is 0 Å². The summed E-state index contributed by atoms with van der Waals surface area (Å²) in [4.78, 5) is 12.8. The van der Waals surface area contributed by atoms with Crippen molar-refractivity contribution in [1.29, 1.82) is 0 Å². The van der Waals surface area contributed by atoms with Gasteiger partial charge in [0.05, 0.1) is 26.9 Å². The molecule has 110 valence electrons. The Kier molecular flexibility index (Phi) is 4.70. The van der Waals surface area contributed by atoms with E-state index in [-0.39, 0.29) is 5.78 Å². The Hall–Kier alpha value is -2.20. The maximum absolute atomic E-state index is 12.8. The molecule has 0 N–H and O–H groups in total. The van der Waals surface area contributed by atoms with Crippen molar-refractivity contribution in [2.45, 2.75) is 0 Å². The van der Waals surface area contributed by atoms with Crippen LogP contribution >= 0.6 is 11.6 Å². The van der Waals surface area contributed by atoms with Crippen molar-refractivity contribution in [1.82, 2.24) is 0 Å². The molecular formula is C16H15ClO4. The molecule has 5 heteroatoms. The third-order valence-corrected chi connectivity index (χ3v) is 3.30. The first-order valence-corrected chi connectivity index (χ1v) is 6.59. The van der Waals surface area contributed by atoms with Crippen LogP contribution in [0.4, 0.5) is 0 Å². The Labute approximate surface area is 128 Å². The highest BCUT2D eigenvalue weighted by molar-refractivity contribution is 6.31. The minimum absolute atomic E-state index is 0.274. The molecule has 2 aromatic rings. The summed E-state index contributed by atoms with van der Waals surface area (Å²) in [6.07, 6.45) is 0. The van der Waals surface area contributed by atoms with Crippen molar-refractivity contribution in [2.75, 3.05) is 21.3 Å². The van der Waals surface area contributed by atoms with Crippen molar-refractivity contribution >= 4 is 17.4 Å². The van der Waals surface area contributed by atoms with Gasteiger partial charge in [-0.05, 0) is 30.3 Å². The van der Waals surface area contributed by atoms with Gasteiger partial charge in [-0.1, -0.05) is 17.7 Å². The minimum atomic E-state index is -0.274. The number of hydrogen-bond donors (Lipinski definition) is 0. The van der Waals surface area contributed by atoms with Crippen LogP contribution in [0.15, 0.2) is 36.4 Å². The van der Waals surface area contributed by atoms with Gasteiger partial charge in [-0.15, -0.1) is 0 Å². The van der Waals surface area contributed by atoms with E-state index < -0.39 is 0 Å². The molecular weight excluding hydrogens is 292 g/mol. The van der Waals surface area contributed by atoms with Crippen LogP contribution in [0.5, 0.6) is 17.2 Å². The van der Waals surface area contributed by atoms with Crippen molar-refractivity contribution in [3.05, 3.63) is 52.5 Å². The predicted octanol–water partition coefficient (Wildman–Crippen LogP) is 3.60. The van der Waals surface area contributed by atoms with Gasteiger partial charge in [0.1, 0.15) is 22.8 Å². The van der Waals surface area contributed by atoms with Crippen LogP contribution in [-0.4, -0.2) is 27.1 Å². The Bertz CT molecular complexity index is 645. The topological polar surface area (TPSA) is 44.8 Å². The average molecular weight is 307 g/mol. The Morgan fingerprint density at radius 2 is 1.48 bits per heavy atom. The van der Waals surface area contributed by atoms with Crippen molar-refractivity contribution < 1.29 is 19.0 Å². The molecule has 0 aliphatic heterocycles. The molecule has 21 heavy (non-hydrogen) atoms. The molecule has 2 rings (SSSR count). The standard InChI is InChI=1S/C16H15ClO4/c1-19-12-8-7-10(17)9-11(12)16(18)15-13(20-2)5-4-6-14(15)21-3/h4-9H,1-3H3. The maximum atomic E-state index is 12.8. The lowest BCUT2D eigenvalue weighted by Gasteiger charge is -2.14. The fourth-order valence-corrected chi connectivity index (χ4v) is 2.24. The van der Waals surface area contributed by atoms with Crippen LogP contribution in [0.3, 0.4) is 0 Å². The highest BCUT2D eigenvalue weighted by atomic mass is 35.5. The van der Waals surface area contributed by atoms with Crippen molar-refractivity contribution in [3.8, 4) is 17.2 Å². The number of carbonyl (C=O) groups is 1. The van der Waals surface area contributed by atoms with E-state index in [1.54, 1.807) is 36.4 Å². The largest absolute Gasteiger partial charge is 0.496 e. The molecule has 0 saturated heterocycles. The van der Waals surface area contributed by atoms with Crippen LogP contribution in [0.2, 0.25) is 5.02 Å². The van der Waals surface area contributed by atoms with Gasteiger partial charge in [0.15, 0.2) is 0 Å². The fourth-order valence-electron chi connectivity index (χ4n) is 2.07. The zero-order chi connectivity index (χ0) is 15.4. The van der Waals surface area contributed by atoms with E-state index >= 15 is 0 Å². The van der Waals surface area contributed by atoms with Crippen LogP contribution in [0, 0.1) is 0 Å². The lowest BCUT2D eigenvalue weighted by Crippen LogP contribution is -2.08. The molecule has 0 radical (unpaired) electrons. The second-order valence-electron chi connectivity index (χ2n) is 4.21. The normalized spacial score (nSPS) is 10.1. The third kappa shape index (κ3) is 2.95. The SMILES string of the molecule is COc1ccc(Cl)cc1C(=O)c1c(OC)cccc1OC. The summed E-state index contributed by atoms with van der Waals surface area (Å²) in [6.45, 7) is 0. The van der Waals surface area contributed by atoms with E-state index in [1.165, 1.54) is 21.3 Å². The summed E-state index contributed by atoms with van der Waals surface area (Å²) in [5, 5.41) is 0.452. The molecule has 0 amide bonds. The maximum Gasteiger partial charge on any atom is 0.204 e. The highest BCUT2D eigenvalue weighted by Crippen LogP contribution is 2.33. The first-order valence-electron chi connectivity index (χ1n) is 6.21. The first kappa shape index (κ1) is 15.2. The number of methoxy groups -OCH3 is 3. The van der Waals surface area contributed by atoms with E-state index in [2.05, 4.69) is 0 Å². The Morgan fingerprint density at radius 1 is 0.905 bits per heavy atom. The van der Waals surface area contributed by atoms with Gasteiger partial charge in [0.25, 0.3) is 0 Å². The summed E-state index contributed by atoms with van der Waals surface area (Å²) in [5.74, 6) is 1.03. The molecule has 0 saturated carbocycles. The number of rotatable bonds is 5. The summed E-state index contributed by atoms with van der Waals surface area (Å²) in [7, 11) is 4.50. The smallest absolute Gasteiger partial charge is 0.204 e. The van der Waals surface area contributed by atoms with Gasteiger partial charge in [-0.25, -0.2) is 0 Å². The molecule has 2 aromatic carbocycles. The monoisotopic (exact) mass is 306 g/mol. The first-order chi connectivity index (χ1) is 10.1. The third-order valence-electron chi connectivity index (χ3n) is 3.06. The molecule has 0 fully saturated rings. The van der Waals surface area contributed by atoms with E-state index in [0.29, 0.717) is 33.4 Å². The van der Waals surface area contributed by atoms with Crippen LogP contribution in [0.25, 0.3) is 0 Å². The molecule has 0 unspecified atom stereocenters. The molecule has 0 atom stereocenters. The second kappa shape index (κ2) is 6.50. The quantitative estimate of drug-likeness (QED) is 0.792. The van der Waals surface area contributed by atoms with E-state index in [0.717, 1.165) is 0 Å². The van der Waals surface area contributed by atoms with Crippen LogP contribution in [0.1, 0.15) is 15.9 Å². The number of benzene rings is 2. The molecule has 0 aliphatic rings. The molecule has 0 aliphatic carbocycles. The second-order valence-corrected chi connectivity index (χ2v) is 4.65. The molecule has 4 nitrogen and oxygen atoms in total. The number of hydrogen-bond acceptors (Lipinski definition) is 4. The van der Waals surface area contributed by atoms with Gasteiger partial charge in [0.2, 0.25) is 5.78 Å². The number of carbonyl (C=O) groups excluding carboxylic acids is 1. The van der Waals surface area contributed by atoms with Crippen LogP contribution in [-0.2, 0) is 0 Å². The zero-order valence-corrected chi connectivity index (χ0v) is 12.7. The molecule has 0 heterocycles. The van der Waals surface area contributed by atoms with Gasteiger partial charge >= 0.3 is 0 Å². The van der Waals surface area contributed by atoms with Gasteiger partial charge in [-0.2, -0.15) is 0 Å². The minimum Gasteiger partial charge on any atom is -0.496 e. The van der Waals surface area contributed by atoms with Crippen LogP contribution < -0.4 is 14.2 Å². The zero-order valence-electron chi connectivity index (χ0n) is 12.0. The van der Waals surface area contributed by atoms with Gasteiger partial charge < -0.3 is 14.2 Å². The average Bonchev–Trinajstić information content (AvgIpc) is 2.53. The lowest BCUT2D eigenvalue weighted by atomic mass is 10.0. The Balaban J connectivity index is 2.62. The number of halogens is 1. The van der Waals surface area contributed by atoms with E-state index in [4.69, 9.17) is 25.8 Å². The predicted molar refractivity (Wildman–Crippen MR) is 81.0 cm³/mol. The summed E-state index contributed by atoms with van der Waals surface area (Å²) < 4.78 is 15.7. The summed E-state index contributed by atoms with van der Waals surface area (Å²) >= 11 is 5.98. The van der Waals surface area contributed by atoms with Gasteiger partial charge in [-0.3, -0.25) is 4.79 Å². The van der Waals surface area contributed by atoms with E-state index in [1.807, 2.05) is 0 Å². The van der Waals surface area contributed by atoms with Crippen molar-refractivity contribution in [2.24, 2.45) is 0 Å². The highest BCUT2D eigenvalue weighted by Gasteiger charge is 2.22. The Morgan fingerprint density at radius 3 is 2.00 bits per heavy atom. The number of ether oxygens (including phenoxy) is 3. The molecule has 0 spiro atoms. The molecule has 0 bridgehead atoms. The number of ketones is 1. The summed E-state index contributed by atoms with van der Waals surface area (Å²) in [6, 6.07) is 10.0.